The molecular weight excluding hydrogens is 324 g/mol. The standard InChI is InChI=1S/C18H26N2O5/c1-4-6-16(7-5-2)25-17(22)11-20-18(23)14-8-9-19-15(10-14)12-24-13(3)21/h8-10,16H,4-7,11-12H2,1-3H3,(H,20,23). The second kappa shape index (κ2) is 11.2. The first-order chi connectivity index (χ1) is 12.0. The third-order valence-electron chi connectivity index (χ3n) is 3.41. The molecule has 0 atom stereocenters. The van der Waals surface area contributed by atoms with E-state index < -0.39 is 17.8 Å². The number of esters is 2. The predicted molar refractivity (Wildman–Crippen MR) is 91.7 cm³/mol. The van der Waals surface area contributed by atoms with Gasteiger partial charge in [-0.25, -0.2) is 0 Å². The maximum Gasteiger partial charge on any atom is 0.325 e. The van der Waals surface area contributed by atoms with Crippen LogP contribution >= 0.6 is 0 Å². The molecule has 7 nitrogen and oxygen atoms in total. The lowest BCUT2D eigenvalue weighted by Gasteiger charge is -2.16. The van der Waals surface area contributed by atoms with E-state index in [9.17, 15) is 14.4 Å². The molecule has 0 aliphatic carbocycles. The Kier molecular flexibility index (Phi) is 9.21. The van der Waals surface area contributed by atoms with Crippen LogP contribution in [-0.4, -0.2) is 35.5 Å². The molecule has 0 radical (unpaired) electrons. The Hall–Kier alpha value is -2.44. The summed E-state index contributed by atoms with van der Waals surface area (Å²) in [5.74, 6) is -1.28. The minimum atomic E-state index is -0.450. The number of aromatic nitrogens is 1. The van der Waals surface area contributed by atoms with Gasteiger partial charge in [0.25, 0.3) is 5.91 Å². The number of ether oxygens (including phenoxy) is 2. The number of pyridine rings is 1. The van der Waals surface area contributed by atoms with E-state index in [-0.39, 0.29) is 19.3 Å². The molecule has 0 spiro atoms. The third-order valence-corrected chi connectivity index (χ3v) is 3.41. The summed E-state index contributed by atoms with van der Waals surface area (Å²) in [4.78, 5) is 38.8. The zero-order valence-electron chi connectivity index (χ0n) is 15.0. The number of hydrogen-bond acceptors (Lipinski definition) is 6. The first-order valence-electron chi connectivity index (χ1n) is 8.52. The molecule has 0 bridgehead atoms. The molecule has 0 aliphatic rings. The van der Waals surface area contributed by atoms with Crippen molar-refractivity contribution in [3.8, 4) is 0 Å². The van der Waals surface area contributed by atoms with Gasteiger partial charge in [-0.05, 0) is 25.0 Å². The molecule has 1 N–H and O–H groups in total. The molecule has 1 rings (SSSR count). The number of hydrogen-bond donors (Lipinski definition) is 1. The Labute approximate surface area is 148 Å². The molecule has 1 aromatic rings. The van der Waals surface area contributed by atoms with Gasteiger partial charge < -0.3 is 14.8 Å². The number of carbonyl (C=O) groups is 3. The van der Waals surface area contributed by atoms with Gasteiger partial charge in [0, 0.05) is 18.7 Å². The minimum absolute atomic E-state index is 0.00574. The average Bonchev–Trinajstić information content (AvgIpc) is 2.58. The molecule has 0 saturated carbocycles. The van der Waals surface area contributed by atoms with Crippen LogP contribution in [0.25, 0.3) is 0 Å². The molecular formula is C18H26N2O5. The van der Waals surface area contributed by atoms with Crippen molar-refractivity contribution < 1.29 is 23.9 Å². The number of nitrogens with one attached hydrogen (secondary N) is 1. The van der Waals surface area contributed by atoms with Crippen LogP contribution < -0.4 is 5.32 Å². The van der Waals surface area contributed by atoms with Crippen molar-refractivity contribution in [2.45, 2.75) is 59.2 Å². The summed E-state index contributed by atoms with van der Waals surface area (Å²) in [7, 11) is 0. The van der Waals surface area contributed by atoms with E-state index in [0.29, 0.717) is 11.3 Å². The molecule has 0 saturated heterocycles. The summed E-state index contributed by atoms with van der Waals surface area (Å²) in [6.07, 6.45) is 4.86. The van der Waals surface area contributed by atoms with E-state index in [1.54, 1.807) is 0 Å². The van der Waals surface area contributed by atoms with Crippen molar-refractivity contribution in [2.75, 3.05) is 6.54 Å². The van der Waals surface area contributed by atoms with E-state index in [0.717, 1.165) is 25.7 Å². The summed E-state index contributed by atoms with van der Waals surface area (Å²) in [5, 5.41) is 2.53. The van der Waals surface area contributed by atoms with E-state index in [2.05, 4.69) is 10.3 Å². The van der Waals surface area contributed by atoms with Crippen LogP contribution in [0, 0.1) is 0 Å². The highest BCUT2D eigenvalue weighted by Crippen LogP contribution is 2.09. The van der Waals surface area contributed by atoms with Gasteiger partial charge in [-0.1, -0.05) is 26.7 Å². The monoisotopic (exact) mass is 350 g/mol. The second-order valence-electron chi connectivity index (χ2n) is 5.69. The Morgan fingerprint density at radius 2 is 1.88 bits per heavy atom. The van der Waals surface area contributed by atoms with Crippen molar-refractivity contribution >= 4 is 17.8 Å². The average molecular weight is 350 g/mol. The lowest BCUT2D eigenvalue weighted by atomic mass is 10.1. The number of nitrogens with zero attached hydrogens (tertiary/aromatic N) is 1. The van der Waals surface area contributed by atoms with Crippen LogP contribution in [0.1, 0.15) is 62.5 Å². The fraction of sp³-hybridized carbons (Fsp3) is 0.556. The van der Waals surface area contributed by atoms with E-state index in [1.165, 1.54) is 25.3 Å². The molecule has 0 fully saturated rings. The molecule has 0 unspecified atom stereocenters. The van der Waals surface area contributed by atoms with Gasteiger partial charge in [0.15, 0.2) is 0 Å². The van der Waals surface area contributed by atoms with Gasteiger partial charge in [0.05, 0.1) is 5.69 Å². The van der Waals surface area contributed by atoms with Crippen molar-refractivity contribution in [2.24, 2.45) is 0 Å². The van der Waals surface area contributed by atoms with Crippen molar-refractivity contribution in [3.63, 3.8) is 0 Å². The van der Waals surface area contributed by atoms with Crippen LogP contribution in [-0.2, 0) is 25.7 Å². The Bertz CT molecular complexity index is 583. The molecule has 25 heavy (non-hydrogen) atoms. The van der Waals surface area contributed by atoms with Crippen molar-refractivity contribution in [3.05, 3.63) is 29.6 Å². The van der Waals surface area contributed by atoms with Crippen LogP contribution in [0.2, 0.25) is 0 Å². The SMILES string of the molecule is CCCC(CCC)OC(=O)CNC(=O)c1ccnc(COC(C)=O)c1. The van der Waals surface area contributed by atoms with Crippen LogP contribution in [0.15, 0.2) is 18.3 Å². The quantitative estimate of drug-likeness (QED) is 0.651. The van der Waals surface area contributed by atoms with Crippen molar-refractivity contribution in [1.29, 1.82) is 0 Å². The number of rotatable bonds is 10. The van der Waals surface area contributed by atoms with E-state index in [1.807, 2.05) is 13.8 Å². The lowest BCUT2D eigenvalue weighted by Crippen LogP contribution is -2.32. The zero-order chi connectivity index (χ0) is 18.7. The van der Waals surface area contributed by atoms with E-state index >= 15 is 0 Å². The maximum absolute atomic E-state index is 12.1. The molecule has 7 heteroatoms. The fourth-order valence-corrected chi connectivity index (χ4v) is 2.26. The van der Waals surface area contributed by atoms with E-state index in [4.69, 9.17) is 9.47 Å². The van der Waals surface area contributed by atoms with Gasteiger partial charge >= 0.3 is 11.9 Å². The molecule has 0 aromatic carbocycles. The maximum atomic E-state index is 12.1. The molecule has 1 heterocycles. The first kappa shape index (κ1) is 20.6. The number of amides is 1. The van der Waals surface area contributed by atoms with Gasteiger partial charge in [0.1, 0.15) is 19.3 Å². The summed E-state index contributed by atoms with van der Waals surface area (Å²) < 4.78 is 10.2. The normalized spacial score (nSPS) is 10.4. The van der Waals surface area contributed by atoms with Gasteiger partial charge in [0.2, 0.25) is 0 Å². The predicted octanol–water partition coefficient (Wildman–Crippen LogP) is 2.39. The fourth-order valence-electron chi connectivity index (χ4n) is 2.26. The zero-order valence-corrected chi connectivity index (χ0v) is 15.0. The molecule has 1 amide bonds. The summed E-state index contributed by atoms with van der Waals surface area (Å²) in [5.41, 5.74) is 0.792. The molecule has 0 aliphatic heterocycles. The highest BCUT2D eigenvalue weighted by molar-refractivity contribution is 5.95. The second-order valence-corrected chi connectivity index (χ2v) is 5.69. The Morgan fingerprint density at radius 1 is 1.20 bits per heavy atom. The molecule has 138 valence electrons. The lowest BCUT2D eigenvalue weighted by molar-refractivity contribution is -0.148. The summed E-state index contributed by atoms with van der Waals surface area (Å²) in [6.45, 7) is 5.18. The summed E-state index contributed by atoms with van der Waals surface area (Å²) in [6, 6.07) is 3.04. The Balaban J connectivity index is 2.51. The third kappa shape index (κ3) is 8.28. The largest absolute Gasteiger partial charge is 0.461 e. The highest BCUT2D eigenvalue weighted by Gasteiger charge is 2.14. The van der Waals surface area contributed by atoms with Crippen LogP contribution in [0.4, 0.5) is 0 Å². The topological polar surface area (TPSA) is 94.6 Å². The minimum Gasteiger partial charge on any atom is -0.461 e. The van der Waals surface area contributed by atoms with Gasteiger partial charge in [-0.2, -0.15) is 0 Å². The number of carbonyl (C=O) groups excluding carboxylic acids is 3. The van der Waals surface area contributed by atoms with Gasteiger partial charge in [-0.3, -0.25) is 19.4 Å². The van der Waals surface area contributed by atoms with Crippen LogP contribution in [0.3, 0.4) is 0 Å². The van der Waals surface area contributed by atoms with Crippen LogP contribution in [0.5, 0.6) is 0 Å². The van der Waals surface area contributed by atoms with Gasteiger partial charge in [-0.15, -0.1) is 0 Å². The highest BCUT2D eigenvalue weighted by atomic mass is 16.5. The van der Waals surface area contributed by atoms with Crippen molar-refractivity contribution in [1.82, 2.24) is 10.3 Å². The first-order valence-corrected chi connectivity index (χ1v) is 8.52. The molecule has 1 aromatic heterocycles. The summed E-state index contributed by atoms with van der Waals surface area (Å²) >= 11 is 0. The smallest absolute Gasteiger partial charge is 0.325 e. The Morgan fingerprint density at radius 3 is 2.48 bits per heavy atom.